The monoisotopic (exact) mass is 363 g/mol. The van der Waals surface area contributed by atoms with E-state index in [4.69, 9.17) is 9.47 Å². The highest BCUT2D eigenvalue weighted by molar-refractivity contribution is 5.95. The molecule has 26 heavy (non-hydrogen) atoms. The normalized spacial score (nSPS) is 15.3. The molecule has 1 fully saturated rings. The summed E-state index contributed by atoms with van der Waals surface area (Å²) in [5.74, 6) is -0.115. The van der Waals surface area contributed by atoms with Gasteiger partial charge in [0.2, 0.25) is 0 Å². The molecule has 1 heterocycles. The molecule has 1 saturated heterocycles. The maximum atomic E-state index is 12.2. The van der Waals surface area contributed by atoms with Crippen molar-refractivity contribution < 1.29 is 19.1 Å². The van der Waals surface area contributed by atoms with Gasteiger partial charge in [-0.25, -0.2) is 4.79 Å². The molecule has 0 atom stereocenters. The van der Waals surface area contributed by atoms with E-state index in [0.717, 1.165) is 39.3 Å². The van der Waals surface area contributed by atoms with E-state index in [1.54, 1.807) is 45.0 Å². The van der Waals surface area contributed by atoms with Crippen molar-refractivity contribution in [2.45, 2.75) is 32.8 Å². The summed E-state index contributed by atoms with van der Waals surface area (Å²) in [6, 6.07) is 6.74. The SMILES string of the molecule is CC(C)(C)OC(=O)Nc1ccc(C(=O)NCCCN2CCOCC2)cc1. The second-order valence-electron chi connectivity index (χ2n) is 7.27. The number of nitrogens with one attached hydrogen (secondary N) is 2. The van der Waals surface area contributed by atoms with E-state index in [0.29, 0.717) is 17.8 Å². The lowest BCUT2D eigenvalue weighted by molar-refractivity contribution is 0.0374. The molecule has 7 heteroatoms. The van der Waals surface area contributed by atoms with Crippen LogP contribution in [-0.2, 0) is 9.47 Å². The molecule has 0 aromatic heterocycles. The van der Waals surface area contributed by atoms with Crippen molar-refractivity contribution in [3.8, 4) is 0 Å². The molecule has 0 spiro atoms. The Hall–Kier alpha value is -2.12. The van der Waals surface area contributed by atoms with Crippen molar-refractivity contribution in [1.82, 2.24) is 10.2 Å². The molecule has 1 aromatic carbocycles. The van der Waals surface area contributed by atoms with E-state index in [-0.39, 0.29) is 5.91 Å². The number of nitrogens with zero attached hydrogens (tertiary/aromatic N) is 1. The van der Waals surface area contributed by atoms with Crippen LogP contribution in [-0.4, -0.2) is 61.9 Å². The van der Waals surface area contributed by atoms with Gasteiger partial charge in [-0.2, -0.15) is 0 Å². The van der Waals surface area contributed by atoms with Gasteiger partial charge in [-0.05, 0) is 58.0 Å². The number of anilines is 1. The zero-order valence-corrected chi connectivity index (χ0v) is 15.8. The maximum absolute atomic E-state index is 12.2. The summed E-state index contributed by atoms with van der Waals surface area (Å²) in [5, 5.41) is 5.57. The molecule has 144 valence electrons. The number of rotatable bonds is 6. The summed E-state index contributed by atoms with van der Waals surface area (Å²) in [7, 11) is 0. The summed E-state index contributed by atoms with van der Waals surface area (Å²) < 4.78 is 10.5. The van der Waals surface area contributed by atoms with Gasteiger partial charge in [-0.3, -0.25) is 15.0 Å². The van der Waals surface area contributed by atoms with Crippen molar-refractivity contribution in [2.75, 3.05) is 44.7 Å². The number of hydrogen-bond donors (Lipinski definition) is 2. The van der Waals surface area contributed by atoms with Crippen LogP contribution in [0.15, 0.2) is 24.3 Å². The summed E-state index contributed by atoms with van der Waals surface area (Å²) in [6.45, 7) is 10.5. The number of morpholine rings is 1. The smallest absolute Gasteiger partial charge is 0.412 e. The zero-order valence-electron chi connectivity index (χ0n) is 15.8. The third-order valence-electron chi connectivity index (χ3n) is 3.83. The first kappa shape index (κ1) is 20.2. The van der Waals surface area contributed by atoms with Crippen molar-refractivity contribution in [3.63, 3.8) is 0 Å². The number of hydrogen-bond acceptors (Lipinski definition) is 5. The van der Waals surface area contributed by atoms with Crippen LogP contribution < -0.4 is 10.6 Å². The van der Waals surface area contributed by atoms with Crippen molar-refractivity contribution in [1.29, 1.82) is 0 Å². The van der Waals surface area contributed by atoms with E-state index < -0.39 is 11.7 Å². The second kappa shape index (κ2) is 9.54. The topological polar surface area (TPSA) is 79.9 Å². The Morgan fingerprint density at radius 3 is 2.42 bits per heavy atom. The van der Waals surface area contributed by atoms with Gasteiger partial charge >= 0.3 is 6.09 Å². The van der Waals surface area contributed by atoms with Gasteiger partial charge in [0.05, 0.1) is 13.2 Å². The van der Waals surface area contributed by atoms with Gasteiger partial charge in [-0.15, -0.1) is 0 Å². The molecule has 1 aliphatic heterocycles. The molecule has 0 radical (unpaired) electrons. The Kier molecular flexibility index (Phi) is 7.41. The van der Waals surface area contributed by atoms with Crippen LogP contribution in [0.2, 0.25) is 0 Å². The van der Waals surface area contributed by atoms with Crippen LogP contribution in [0.3, 0.4) is 0 Å². The van der Waals surface area contributed by atoms with Gasteiger partial charge in [0, 0.05) is 30.9 Å². The minimum absolute atomic E-state index is 0.115. The van der Waals surface area contributed by atoms with Crippen molar-refractivity contribution >= 4 is 17.7 Å². The molecule has 1 aliphatic rings. The Morgan fingerprint density at radius 1 is 1.15 bits per heavy atom. The average Bonchev–Trinajstić information content (AvgIpc) is 2.58. The highest BCUT2D eigenvalue weighted by Crippen LogP contribution is 2.13. The van der Waals surface area contributed by atoms with Gasteiger partial charge in [0.25, 0.3) is 5.91 Å². The Bertz CT molecular complexity index is 590. The fourth-order valence-electron chi connectivity index (χ4n) is 2.56. The lowest BCUT2D eigenvalue weighted by Gasteiger charge is -2.26. The number of carbonyl (C=O) groups excluding carboxylic acids is 2. The van der Waals surface area contributed by atoms with Crippen LogP contribution >= 0.6 is 0 Å². The maximum Gasteiger partial charge on any atom is 0.412 e. The summed E-state index contributed by atoms with van der Waals surface area (Å²) in [4.78, 5) is 26.2. The van der Waals surface area contributed by atoms with E-state index in [2.05, 4.69) is 15.5 Å². The first-order chi connectivity index (χ1) is 12.3. The number of carbonyl (C=O) groups is 2. The molecule has 1 aromatic rings. The molecule has 7 nitrogen and oxygen atoms in total. The first-order valence-corrected chi connectivity index (χ1v) is 9.02. The van der Waals surface area contributed by atoms with Crippen LogP contribution in [0.1, 0.15) is 37.6 Å². The second-order valence-corrected chi connectivity index (χ2v) is 7.27. The lowest BCUT2D eigenvalue weighted by Crippen LogP contribution is -2.38. The van der Waals surface area contributed by atoms with Gasteiger partial charge in [0.15, 0.2) is 0 Å². The highest BCUT2D eigenvalue weighted by Gasteiger charge is 2.16. The van der Waals surface area contributed by atoms with Crippen molar-refractivity contribution in [2.24, 2.45) is 0 Å². The standard InChI is InChI=1S/C19H29N3O4/c1-19(2,3)26-18(24)21-16-7-5-15(6-8-16)17(23)20-9-4-10-22-11-13-25-14-12-22/h5-8H,4,9-14H2,1-3H3,(H,20,23)(H,21,24). The average molecular weight is 363 g/mol. The minimum Gasteiger partial charge on any atom is -0.444 e. The molecular formula is C19H29N3O4. The largest absolute Gasteiger partial charge is 0.444 e. The van der Waals surface area contributed by atoms with Crippen LogP contribution in [0.5, 0.6) is 0 Å². The minimum atomic E-state index is -0.550. The van der Waals surface area contributed by atoms with Crippen LogP contribution in [0, 0.1) is 0 Å². The van der Waals surface area contributed by atoms with Gasteiger partial charge < -0.3 is 14.8 Å². The molecule has 0 saturated carbocycles. The Labute approximate surface area is 155 Å². The van der Waals surface area contributed by atoms with E-state index in [1.165, 1.54) is 0 Å². The van der Waals surface area contributed by atoms with Gasteiger partial charge in [-0.1, -0.05) is 0 Å². The zero-order chi connectivity index (χ0) is 19.0. The molecule has 2 amide bonds. The molecular weight excluding hydrogens is 334 g/mol. The summed E-state index contributed by atoms with van der Waals surface area (Å²) in [6.07, 6.45) is 0.391. The molecule has 0 unspecified atom stereocenters. The van der Waals surface area contributed by atoms with Crippen LogP contribution in [0.4, 0.5) is 10.5 Å². The van der Waals surface area contributed by atoms with Crippen molar-refractivity contribution in [3.05, 3.63) is 29.8 Å². The first-order valence-electron chi connectivity index (χ1n) is 9.02. The summed E-state index contributed by atoms with van der Waals surface area (Å²) in [5.41, 5.74) is 0.597. The quantitative estimate of drug-likeness (QED) is 0.759. The number of benzene rings is 1. The predicted octanol–water partition coefficient (Wildman–Crippen LogP) is 2.49. The highest BCUT2D eigenvalue weighted by atomic mass is 16.6. The van der Waals surface area contributed by atoms with Crippen LogP contribution in [0.25, 0.3) is 0 Å². The third kappa shape index (κ3) is 7.41. The number of amides is 2. The fourth-order valence-corrected chi connectivity index (χ4v) is 2.56. The predicted molar refractivity (Wildman–Crippen MR) is 101 cm³/mol. The molecule has 2 rings (SSSR count). The number of ether oxygens (including phenoxy) is 2. The van der Waals surface area contributed by atoms with Gasteiger partial charge in [0.1, 0.15) is 5.60 Å². The summed E-state index contributed by atoms with van der Waals surface area (Å²) >= 11 is 0. The third-order valence-corrected chi connectivity index (χ3v) is 3.83. The Balaban J connectivity index is 1.71. The molecule has 2 N–H and O–H groups in total. The van der Waals surface area contributed by atoms with E-state index in [1.807, 2.05) is 0 Å². The molecule has 0 bridgehead atoms. The lowest BCUT2D eigenvalue weighted by atomic mass is 10.2. The molecule has 0 aliphatic carbocycles. The van der Waals surface area contributed by atoms with E-state index >= 15 is 0 Å². The Morgan fingerprint density at radius 2 is 1.81 bits per heavy atom. The fraction of sp³-hybridized carbons (Fsp3) is 0.579. The van der Waals surface area contributed by atoms with E-state index in [9.17, 15) is 9.59 Å².